The number of imidazole rings is 1. The largest absolute Gasteiger partial charge is 0.337 e. The summed E-state index contributed by atoms with van der Waals surface area (Å²) >= 11 is 3.34. The first-order valence-corrected chi connectivity index (χ1v) is 11.3. The molecule has 1 aromatic carbocycles. The first-order chi connectivity index (χ1) is 13.8. The van der Waals surface area contributed by atoms with Crippen LogP contribution in [0.1, 0.15) is 23.3 Å². The van der Waals surface area contributed by atoms with E-state index in [9.17, 15) is 4.79 Å². The molecule has 0 saturated carbocycles. The van der Waals surface area contributed by atoms with E-state index in [2.05, 4.69) is 4.98 Å². The molecule has 1 aliphatic rings. The van der Waals surface area contributed by atoms with Crippen LogP contribution in [0.2, 0.25) is 0 Å². The van der Waals surface area contributed by atoms with Crippen LogP contribution in [0.4, 0.5) is 0 Å². The lowest BCUT2D eigenvalue weighted by Gasteiger charge is -2.13. The highest BCUT2D eigenvalue weighted by Crippen LogP contribution is 2.35. The zero-order valence-corrected chi connectivity index (χ0v) is 17.0. The summed E-state index contributed by atoms with van der Waals surface area (Å²) in [5.41, 5.74) is 2.19. The molecular formula is C21H20N4OS2. The molecular weight excluding hydrogens is 388 g/mol. The molecule has 5 rings (SSSR count). The van der Waals surface area contributed by atoms with E-state index in [0.29, 0.717) is 0 Å². The molecule has 1 aliphatic carbocycles. The Bertz CT molecular complexity index is 1160. The second kappa shape index (κ2) is 7.56. The number of para-hydroxylation sites is 1. The lowest BCUT2D eigenvalue weighted by Crippen LogP contribution is -2.22. The SMILES string of the molecule is O=c1c2c3c(sc2nc(SCCn2ccnc2)n1-c1ccccc1)CCCC3. The average molecular weight is 409 g/mol. The fourth-order valence-electron chi connectivity index (χ4n) is 3.75. The summed E-state index contributed by atoms with van der Waals surface area (Å²) < 4.78 is 3.84. The van der Waals surface area contributed by atoms with Crippen LogP contribution in [0, 0.1) is 0 Å². The number of thiophene rings is 1. The molecule has 4 aromatic rings. The van der Waals surface area contributed by atoms with Crippen molar-refractivity contribution in [1.29, 1.82) is 0 Å². The topological polar surface area (TPSA) is 52.7 Å². The van der Waals surface area contributed by atoms with Gasteiger partial charge in [0.1, 0.15) is 4.83 Å². The third kappa shape index (κ3) is 3.18. The maximum Gasteiger partial charge on any atom is 0.267 e. The van der Waals surface area contributed by atoms with Crippen molar-refractivity contribution in [2.24, 2.45) is 0 Å². The monoisotopic (exact) mass is 408 g/mol. The molecule has 0 radical (unpaired) electrons. The van der Waals surface area contributed by atoms with E-state index >= 15 is 0 Å². The van der Waals surface area contributed by atoms with Crippen molar-refractivity contribution >= 4 is 33.3 Å². The van der Waals surface area contributed by atoms with E-state index in [1.54, 1.807) is 33.9 Å². The Balaban J connectivity index is 1.61. The van der Waals surface area contributed by atoms with Crippen molar-refractivity contribution in [1.82, 2.24) is 19.1 Å². The highest BCUT2D eigenvalue weighted by Gasteiger charge is 2.22. The fraction of sp³-hybridized carbons (Fsp3) is 0.286. The van der Waals surface area contributed by atoms with Gasteiger partial charge >= 0.3 is 0 Å². The van der Waals surface area contributed by atoms with Gasteiger partial charge in [0.05, 0.1) is 17.4 Å². The van der Waals surface area contributed by atoms with Crippen molar-refractivity contribution < 1.29 is 0 Å². The molecule has 0 aliphatic heterocycles. The molecule has 3 heterocycles. The van der Waals surface area contributed by atoms with Gasteiger partial charge in [0.25, 0.3) is 5.56 Å². The lowest BCUT2D eigenvalue weighted by molar-refractivity contribution is 0.699. The third-order valence-corrected chi connectivity index (χ3v) is 7.22. The molecule has 0 amide bonds. The van der Waals surface area contributed by atoms with Crippen LogP contribution in [0.3, 0.4) is 0 Å². The number of fused-ring (bicyclic) bond motifs is 3. The maximum atomic E-state index is 13.6. The van der Waals surface area contributed by atoms with E-state index in [0.717, 1.165) is 52.6 Å². The van der Waals surface area contributed by atoms with Crippen molar-refractivity contribution in [3.8, 4) is 5.69 Å². The number of thioether (sulfide) groups is 1. The molecule has 0 atom stereocenters. The molecule has 0 unspecified atom stereocenters. The molecule has 5 nitrogen and oxygen atoms in total. The zero-order chi connectivity index (χ0) is 18.9. The van der Waals surface area contributed by atoms with Gasteiger partial charge in [-0.05, 0) is 43.4 Å². The second-order valence-corrected chi connectivity index (χ2v) is 9.06. The van der Waals surface area contributed by atoms with Gasteiger partial charge in [0.2, 0.25) is 0 Å². The standard InChI is InChI=1S/C21H20N4OS2/c26-20-18-16-8-4-5-9-17(16)28-19(18)23-21(25(20)15-6-2-1-3-7-15)27-13-12-24-11-10-22-14-24/h1-3,6-7,10-11,14H,4-5,8-9,12-13H2. The van der Waals surface area contributed by atoms with Crippen LogP contribution >= 0.6 is 23.1 Å². The second-order valence-electron chi connectivity index (χ2n) is 6.91. The molecule has 0 spiro atoms. The van der Waals surface area contributed by atoms with Crippen molar-refractivity contribution in [3.63, 3.8) is 0 Å². The van der Waals surface area contributed by atoms with E-state index in [1.165, 1.54) is 16.9 Å². The van der Waals surface area contributed by atoms with Gasteiger partial charge in [-0.15, -0.1) is 11.3 Å². The van der Waals surface area contributed by atoms with Gasteiger partial charge in [-0.1, -0.05) is 30.0 Å². The first-order valence-electron chi connectivity index (χ1n) is 9.52. The predicted molar refractivity (Wildman–Crippen MR) is 115 cm³/mol. The Labute approximate surface area is 171 Å². The summed E-state index contributed by atoms with van der Waals surface area (Å²) in [4.78, 5) is 24.9. The number of hydrogen-bond acceptors (Lipinski definition) is 5. The van der Waals surface area contributed by atoms with Gasteiger partial charge in [-0.3, -0.25) is 9.36 Å². The number of rotatable bonds is 5. The fourth-order valence-corrected chi connectivity index (χ4v) is 6.02. The molecule has 28 heavy (non-hydrogen) atoms. The van der Waals surface area contributed by atoms with Crippen molar-refractivity contribution in [3.05, 3.63) is 69.8 Å². The number of hydrogen-bond donors (Lipinski definition) is 0. The molecule has 7 heteroatoms. The number of aromatic nitrogens is 4. The van der Waals surface area contributed by atoms with Gasteiger partial charge in [0.15, 0.2) is 5.16 Å². The molecule has 142 valence electrons. The minimum atomic E-state index is 0.0701. The van der Waals surface area contributed by atoms with E-state index in [4.69, 9.17) is 4.98 Å². The summed E-state index contributed by atoms with van der Waals surface area (Å²) in [6, 6.07) is 9.87. The molecule has 0 N–H and O–H groups in total. The van der Waals surface area contributed by atoms with Crippen LogP contribution in [0.25, 0.3) is 15.9 Å². The quantitative estimate of drug-likeness (QED) is 0.365. The summed E-state index contributed by atoms with van der Waals surface area (Å²) in [6.45, 7) is 0.828. The molecule has 0 saturated heterocycles. The predicted octanol–water partition coefficient (Wildman–Crippen LogP) is 4.31. The summed E-state index contributed by atoms with van der Waals surface area (Å²) in [7, 11) is 0. The van der Waals surface area contributed by atoms with Crippen LogP contribution in [0.5, 0.6) is 0 Å². The normalized spacial score (nSPS) is 13.7. The van der Waals surface area contributed by atoms with Gasteiger partial charge in [-0.25, -0.2) is 9.97 Å². The highest BCUT2D eigenvalue weighted by atomic mass is 32.2. The molecule has 0 fully saturated rings. The highest BCUT2D eigenvalue weighted by molar-refractivity contribution is 7.99. The van der Waals surface area contributed by atoms with Gasteiger partial charge < -0.3 is 4.57 Å². The minimum absolute atomic E-state index is 0.0701. The van der Waals surface area contributed by atoms with Crippen LogP contribution in [-0.2, 0) is 19.4 Å². The van der Waals surface area contributed by atoms with Gasteiger partial charge in [-0.2, -0.15) is 0 Å². The number of benzene rings is 1. The molecule has 0 bridgehead atoms. The maximum absolute atomic E-state index is 13.6. The van der Waals surface area contributed by atoms with E-state index in [1.807, 2.05) is 47.4 Å². The minimum Gasteiger partial charge on any atom is -0.337 e. The smallest absolute Gasteiger partial charge is 0.267 e. The summed E-state index contributed by atoms with van der Waals surface area (Å²) in [5, 5.41) is 1.60. The number of aryl methyl sites for hydroxylation is 3. The summed E-state index contributed by atoms with van der Waals surface area (Å²) in [6.07, 6.45) is 9.98. The van der Waals surface area contributed by atoms with Crippen molar-refractivity contribution in [2.75, 3.05) is 5.75 Å². The Morgan fingerprint density at radius 3 is 2.82 bits per heavy atom. The summed E-state index contributed by atoms with van der Waals surface area (Å²) in [5.74, 6) is 0.826. The third-order valence-electron chi connectivity index (χ3n) is 5.11. The van der Waals surface area contributed by atoms with Crippen LogP contribution in [0.15, 0.2) is 59.0 Å². The van der Waals surface area contributed by atoms with Gasteiger partial charge in [0, 0.05) is 29.6 Å². The Morgan fingerprint density at radius 1 is 1.14 bits per heavy atom. The number of nitrogens with zero attached hydrogens (tertiary/aromatic N) is 4. The lowest BCUT2D eigenvalue weighted by atomic mass is 9.97. The van der Waals surface area contributed by atoms with Crippen LogP contribution in [-0.4, -0.2) is 24.9 Å². The van der Waals surface area contributed by atoms with E-state index < -0.39 is 0 Å². The Hall–Kier alpha value is -2.38. The van der Waals surface area contributed by atoms with Crippen LogP contribution < -0.4 is 5.56 Å². The Morgan fingerprint density at radius 2 is 2.00 bits per heavy atom. The van der Waals surface area contributed by atoms with Crippen molar-refractivity contribution in [2.45, 2.75) is 37.4 Å². The van der Waals surface area contributed by atoms with E-state index in [-0.39, 0.29) is 5.56 Å². The average Bonchev–Trinajstić information content (AvgIpc) is 3.36. The zero-order valence-electron chi connectivity index (χ0n) is 15.4. The first kappa shape index (κ1) is 17.7. The Kier molecular flexibility index (Phi) is 4.78. The molecule has 3 aromatic heterocycles.